The van der Waals surface area contributed by atoms with E-state index in [0.717, 1.165) is 61.1 Å². The Morgan fingerprint density at radius 1 is 1.22 bits per heavy atom. The number of nitriles is 1. The lowest BCUT2D eigenvalue weighted by atomic mass is 9.75. The van der Waals surface area contributed by atoms with Crippen LogP contribution in [-0.2, 0) is 17.4 Å². The van der Waals surface area contributed by atoms with Crippen LogP contribution in [0, 0.1) is 11.3 Å². The van der Waals surface area contributed by atoms with Gasteiger partial charge in [-0.15, -0.1) is 0 Å². The first kappa shape index (κ1) is 29.2. The summed E-state index contributed by atoms with van der Waals surface area (Å²) in [5.74, 6) is 0.374. The molecule has 0 unspecified atom stereocenters. The number of anilines is 2. The van der Waals surface area contributed by atoms with Crippen molar-refractivity contribution in [1.82, 2.24) is 15.2 Å². The molecule has 218 valence electrons. The van der Waals surface area contributed by atoms with E-state index in [-0.39, 0.29) is 22.2 Å². The number of hydrogen-bond acceptors (Lipinski definition) is 7. The van der Waals surface area contributed by atoms with Crippen molar-refractivity contribution in [1.29, 1.82) is 5.26 Å². The summed E-state index contributed by atoms with van der Waals surface area (Å²) in [6.07, 6.45) is -1.18. The number of aryl methyl sites for hydroxylation is 1. The number of halogens is 3. The van der Waals surface area contributed by atoms with Crippen LogP contribution in [0.25, 0.3) is 0 Å². The molecule has 5 rings (SSSR count). The predicted molar refractivity (Wildman–Crippen MR) is 153 cm³/mol. The van der Waals surface area contributed by atoms with Crippen molar-refractivity contribution in [2.75, 3.05) is 42.6 Å². The van der Waals surface area contributed by atoms with Crippen LogP contribution < -0.4 is 19.9 Å². The largest absolute Gasteiger partial charge is 0.492 e. The summed E-state index contributed by atoms with van der Waals surface area (Å²) >= 11 is 5.74. The second-order valence-corrected chi connectivity index (χ2v) is 11.8. The maximum Gasteiger partial charge on any atom is 0.419 e. The van der Waals surface area contributed by atoms with Gasteiger partial charge in [0.15, 0.2) is 10.8 Å². The van der Waals surface area contributed by atoms with Gasteiger partial charge >= 0.3 is 6.18 Å². The maximum absolute atomic E-state index is 13.8. The molecule has 12 heteroatoms. The normalized spacial score (nSPS) is 20.3. The Balaban J connectivity index is 1.40. The highest BCUT2D eigenvalue weighted by Crippen LogP contribution is 2.48. The van der Waals surface area contributed by atoms with Crippen molar-refractivity contribution in [3.63, 3.8) is 0 Å². The Morgan fingerprint density at radius 3 is 2.59 bits per heavy atom. The van der Waals surface area contributed by atoms with Crippen LogP contribution in [0.3, 0.4) is 0 Å². The summed E-state index contributed by atoms with van der Waals surface area (Å²) in [6.45, 7) is 10.6. The smallest absolute Gasteiger partial charge is 0.419 e. The zero-order valence-electron chi connectivity index (χ0n) is 23.3. The molecule has 8 nitrogen and oxygen atoms in total. The third-order valence-electron chi connectivity index (χ3n) is 8.13. The molecule has 3 fully saturated rings. The van der Waals surface area contributed by atoms with Gasteiger partial charge in [-0.2, -0.15) is 18.4 Å². The van der Waals surface area contributed by atoms with Crippen molar-refractivity contribution in [3.8, 4) is 11.8 Å². The van der Waals surface area contributed by atoms with Crippen LogP contribution in [0.2, 0.25) is 0 Å². The Labute approximate surface area is 243 Å². The molecule has 3 aliphatic rings. The van der Waals surface area contributed by atoms with Crippen molar-refractivity contribution < 1.29 is 22.7 Å². The molecule has 0 radical (unpaired) electrons. The van der Waals surface area contributed by atoms with Crippen LogP contribution in [0.5, 0.6) is 5.75 Å². The van der Waals surface area contributed by atoms with E-state index < -0.39 is 23.0 Å². The molecular formula is C29H33F3N6O2S. The molecule has 3 heterocycles. The van der Waals surface area contributed by atoms with E-state index in [2.05, 4.69) is 29.0 Å². The third-order valence-corrected chi connectivity index (χ3v) is 8.50. The van der Waals surface area contributed by atoms with Gasteiger partial charge in [0.1, 0.15) is 24.0 Å². The molecule has 1 aromatic carbocycles. The molecule has 1 amide bonds. The second-order valence-electron chi connectivity index (χ2n) is 11.4. The number of aromatic nitrogens is 1. The molecule has 2 aliphatic heterocycles. The SMILES string of the molecule is CCc1cc(N2C(=S)N(c3cnc(C#N)c(C(F)(F)F)c3)C(=O)C23CCC3)ccc1OCCN1CCNC(C)(C)C1. The molecule has 0 atom stereocenters. The fraction of sp³-hybridized carbons (Fsp3) is 0.517. The Bertz CT molecular complexity index is 1400. The maximum atomic E-state index is 13.8. The topological polar surface area (TPSA) is 84.7 Å². The molecule has 1 saturated carbocycles. The van der Waals surface area contributed by atoms with Gasteiger partial charge < -0.3 is 15.0 Å². The fourth-order valence-corrected chi connectivity index (χ4v) is 6.40. The van der Waals surface area contributed by atoms with E-state index in [0.29, 0.717) is 31.6 Å². The average molecular weight is 587 g/mol. The minimum Gasteiger partial charge on any atom is -0.492 e. The van der Waals surface area contributed by atoms with Crippen molar-refractivity contribution in [3.05, 3.63) is 47.3 Å². The summed E-state index contributed by atoms with van der Waals surface area (Å²) in [5.41, 5.74) is -1.32. The summed E-state index contributed by atoms with van der Waals surface area (Å²) in [5, 5.41) is 12.7. The van der Waals surface area contributed by atoms with E-state index in [1.54, 1.807) is 4.90 Å². The quantitative estimate of drug-likeness (QED) is 0.470. The average Bonchev–Trinajstić information content (AvgIpc) is 3.14. The first-order chi connectivity index (χ1) is 19.4. The minimum absolute atomic E-state index is 0.0631. The standard InChI is InChI=1S/C29H33F3N6O2S/c1-4-19-14-20(6-7-24(19)40-13-12-36-11-10-35-27(2,3)18-36)38-26(41)37(25(39)28(38)8-5-9-28)21-15-22(29(30,31)32)23(16-33)34-17-21/h6-7,14-15,17,35H,4-5,8-13,18H2,1-3H3. The first-order valence-electron chi connectivity index (χ1n) is 13.8. The van der Waals surface area contributed by atoms with Crippen LogP contribution in [0.15, 0.2) is 30.5 Å². The zero-order chi connectivity index (χ0) is 29.6. The minimum atomic E-state index is -4.81. The molecule has 1 N–H and O–H groups in total. The van der Waals surface area contributed by atoms with Gasteiger partial charge in [0, 0.05) is 37.4 Å². The number of piperazine rings is 1. The number of nitrogens with zero attached hydrogens (tertiary/aromatic N) is 5. The molecule has 1 aliphatic carbocycles. The van der Waals surface area contributed by atoms with E-state index in [1.807, 2.05) is 25.1 Å². The molecule has 0 bridgehead atoms. The summed E-state index contributed by atoms with van der Waals surface area (Å²) < 4.78 is 47.2. The highest BCUT2D eigenvalue weighted by atomic mass is 32.1. The number of ether oxygens (including phenoxy) is 1. The molecular weight excluding hydrogens is 553 g/mol. The van der Waals surface area contributed by atoms with Gasteiger partial charge in [-0.3, -0.25) is 14.6 Å². The fourth-order valence-electron chi connectivity index (χ4n) is 5.93. The van der Waals surface area contributed by atoms with E-state index >= 15 is 0 Å². The number of carbonyl (C=O) groups excluding carboxylic acids is 1. The van der Waals surface area contributed by atoms with Gasteiger partial charge in [0.25, 0.3) is 5.91 Å². The van der Waals surface area contributed by atoms with Gasteiger partial charge in [-0.1, -0.05) is 6.92 Å². The molecule has 1 spiro atoms. The summed E-state index contributed by atoms with van der Waals surface area (Å²) in [7, 11) is 0. The molecule has 41 heavy (non-hydrogen) atoms. The molecule has 2 aromatic rings. The third kappa shape index (κ3) is 5.38. The van der Waals surface area contributed by atoms with Gasteiger partial charge in [0.05, 0.1) is 17.4 Å². The summed E-state index contributed by atoms with van der Waals surface area (Å²) in [4.78, 5) is 22.7. The van der Waals surface area contributed by atoms with Crippen LogP contribution >= 0.6 is 12.2 Å². The number of pyridine rings is 1. The van der Waals surface area contributed by atoms with Crippen LogP contribution in [0.4, 0.5) is 24.5 Å². The number of hydrogen-bond donors (Lipinski definition) is 1. The number of rotatable bonds is 7. The lowest BCUT2D eigenvalue weighted by Crippen LogP contribution is -2.57. The monoisotopic (exact) mass is 586 g/mol. The van der Waals surface area contributed by atoms with Gasteiger partial charge in [0.2, 0.25) is 0 Å². The summed E-state index contributed by atoms with van der Waals surface area (Å²) in [6, 6.07) is 7.93. The number of benzene rings is 1. The first-order valence-corrected chi connectivity index (χ1v) is 14.2. The Morgan fingerprint density at radius 2 is 1.98 bits per heavy atom. The van der Waals surface area contributed by atoms with E-state index in [9.17, 15) is 18.0 Å². The molecule has 1 aromatic heterocycles. The number of carbonyl (C=O) groups is 1. The zero-order valence-corrected chi connectivity index (χ0v) is 24.2. The van der Waals surface area contributed by atoms with Crippen LogP contribution in [0.1, 0.15) is 56.9 Å². The Hall–Kier alpha value is -3.27. The van der Waals surface area contributed by atoms with Crippen molar-refractivity contribution >= 4 is 34.6 Å². The highest BCUT2D eigenvalue weighted by Gasteiger charge is 2.59. The van der Waals surface area contributed by atoms with E-state index in [4.69, 9.17) is 22.2 Å². The van der Waals surface area contributed by atoms with E-state index in [1.165, 1.54) is 6.07 Å². The van der Waals surface area contributed by atoms with Crippen molar-refractivity contribution in [2.24, 2.45) is 0 Å². The van der Waals surface area contributed by atoms with Crippen molar-refractivity contribution in [2.45, 2.75) is 63.7 Å². The Kier molecular flexibility index (Phi) is 7.74. The highest BCUT2D eigenvalue weighted by molar-refractivity contribution is 7.81. The second kappa shape index (κ2) is 10.9. The number of nitrogens with one attached hydrogen (secondary N) is 1. The molecule has 2 saturated heterocycles. The van der Waals surface area contributed by atoms with Gasteiger partial charge in [-0.25, -0.2) is 4.98 Å². The number of amides is 1. The lowest BCUT2D eigenvalue weighted by molar-refractivity contribution is -0.138. The predicted octanol–water partition coefficient (Wildman–Crippen LogP) is 4.66. The number of thiocarbonyl (C=S) groups is 1. The van der Waals surface area contributed by atoms with Crippen LogP contribution in [-0.4, -0.2) is 64.8 Å². The number of alkyl halides is 3. The van der Waals surface area contributed by atoms with Gasteiger partial charge in [-0.05, 0) is 81.6 Å². The lowest BCUT2D eigenvalue weighted by Gasteiger charge is -2.43.